The van der Waals surface area contributed by atoms with Crippen LogP contribution in [0, 0.1) is 0 Å². The Bertz CT molecular complexity index is 1140. The summed E-state index contributed by atoms with van der Waals surface area (Å²) in [6.07, 6.45) is 7.42. The van der Waals surface area contributed by atoms with Crippen LogP contribution >= 0.6 is 0 Å². The molecule has 3 aliphatic rings. The highest BCUT2D eigenvalue weighted by Gasteiger charge is 2.38. The summed E-state index contributed by atoms with van der Waals surface area (Å²) < 4.78 is 28.7. The van der Waals surface area contributed by atoms with Gasteiger partial charge >= 0.3 is 6.09 Å². The Hall–Kier alpha value is -2.92. The van der Waals surface area contributed by atoms with E-state index in [-0.39, 0.29) is 61.7 Å². The summed E-state index contributed by atoms with van der Waals surface area (Å²) >= 11 is 0. The van der Waals surface area contributed by atoms with Crippen LogP contribution in [0.25, 0.3) is 0 Å². The van der Waals surface area contributed by atoms with Gasteiger partial charge in [0.1, 0.15) is 11.9 Å². The molecule has 15 heteroatoms. The highest BCUT2D eigenvalue weighted by atomic mass is 16.7. The number of hydrogen-bond donors (Lipinski definition) is 6. The number of nitrogens with two attached hydrogens (primary N) is 1. The second-order valence-electron chi connectivity index (χ2n) is 14.0. The smallest absolute Gasteiger partial charge is 0.407 e. The molecular formula is C37H66N4O11. The Labute approximate surface area is 309 Å². The lowest BCUT2D eigenvalue weighted by molar-refractivity contribution is -0.122. The zero-order valence-corrected chi connectivity index (χ0v) is 32.6. The van der Waals surface area contributed by atoms with E-state index >= 15 is 0 Å². The summed E-state index contributed by atoms with van der Waals surface area (Å²) in [5, 5.41) is 23.8. The summed E-state index contributed by atoms with van der Waals surface area (Å²) in [4.78, 5) is 46.7. The van der Waals surface area contributed by atoms with E-state index in [2.05, 4.69) is 29.8 Å². The van der Waals surface area contributed by atoms with Crippen molar-refractivity contribution in [2.24, 2.45) is 5.73 Å². The van der Waals surface area contributed by atoms with E-state index in [1.807, 2.05) is 19.9 Å². The van der Waals surface area contributed by atoms with Gasteiger partial charge in [-0.1, -0.05) is 27.7 Å². The summed E-state index contributed by atoms with van der Waals surface area (Å²) in [7, 11) is 0. The van der Waals surface area contributed by atoms with Crippen molar-refractivity contribution in [3.63, 3.8) is 0 Å². The van der Waals surface area contributed by atoms with Crippen molar-refractivity contribution < 1.29 is 53.1 Å². The number of nitrogens with one attached hydrogen (secondary N) is 3. The van der Waals surface area contributed by atoms with E-state index in [0.29, 0.717) is 31.6 Å². The van der Waals surface area contributed by atoms with Crippen molar-refractivity contribution in [1.29, 1.82) is 0 Å². The maximum atomic E-state index is 12.2. The number of carbonyl (C=O) groups is 4. The minimum atomic E-state index is -0.642. The van der Waals surface area contributed by atoms with Gasteiger partial charge in [-0.25, -0.2) is 4.79 Å². The molecule has 0 radical (unpaired) electrons. The molecule has 0 aromatic rings. The Balaban J connectivity index is 0.000000476. The van der Waals surface area contributed by atoms with Crippen LogP contribution in [0.4, 0.5) is 4.79 Å². The molecule has 1 heterocycles. The molecule has 0 aromatic carbocycles. The largest absolute Gasteiger partial charge is 0.444 e. The van der Waals surface area contributed by atoms with E-state index in [1.165, 1.54) is 13.8 Å². The molecular weight excluding hydrogens is 676 g/mol. The van der Waals surface area contributed by atoms with Crippen LogP contribution in [0.2, 0.25) is 0 Å². The molecule has 3 rings (SSSR count). The van der Waals surface area contributed by atoms with Gasteiger partial charge in [0, 0.05) is 19.9 Å². The van der Waals surface area contributed by atoms with Gasteiger partial charge in [0.25, 0.3) is 0 Å². The van der Waals surface area contributed by atoms with Crippen LogP contribution in [-0.4, -0.2) is 121 Å². The van der Waals surface area contributed by atoms with E-state index in [4.69, 9.17) is 39.6 Å². The van der Waals surface area contributed by atoms with Gasteiger partial charge < -0.3 is 55.6 Å². The first-order chi connectivity index (χ1) is 24.5. The number of aliphatic hydroxyl groups is 2. The first-order valence-corrected chi connectivity index (χ1v) is 18.5. The van der Waals surface area contributed by atoms with Crippen LogP contribution in [-0.2, 0) is 38.1 Å². The highest BCUT2D eigenvalue weighted by Crippen LogP contribution is 2.28. The predicted octanol–water partition coefficient (Wildman–Crippen LogP) is 2.55. The van der Waals surface area contributed by atoms with E-state index in [9.17, 15) is 19.2 Å². The van der Waals surface area contributed by atoms with E-state index in [0.717, 1.165) is 37.5 Å². The molecule has 300 valence electrons. The number of hydrogen-bond acceptors (Lipinski definition) is 12. The highest BCUT2D eigenvalue weighted by molar-refractivity contribution is 5.77. The number of aldehydes is 1. The molecule has 0 saturated carbocycles. The fraction of sp³-hybridized carbons (Fsp3) is 0.784. The van der Waals surface area contributed by atoms with Gasteiger partial charge in [-0.15, -0.1) is 0 Å². The third kappa shape index (κ3) is 17.3. The van der Waals surface area contributed by atoms with Crippen LogP contribution < -0.4 is 21.7 Å². The number of rotatable bonds is 14. The maximum Gasteiger partial charge on any atom is 0.407 e. The molecule has 6 atom stereocenters. The third-order valence-electron chi connectivity index (χ3n) is 8.42. The lowest BCUT2D eigenvalue weighted by Crippen LogP contribution is -2.59. The second-order valence-corrected chi connectivity index (χ2v) is 14.0. The Morgan fingerprint density at radius 3 is 1.75 bits per heavy atom. The number of aliphatic hydroxyl groups excluding tert-OH is 2. The Kier molecular flexibility index (Phi) is 22.1. The molecule has 1 saturated heterocycles. The molecule has 2 aliphatic carbocycles. The molecule has 15 nitrogen and oxygen atoms in total. The first-order valence-electron chi connectivity index (χ1n) is 18.5. The van der Waals surface area contributed by atoms with Crippen molar-refractivity contribution in [2.45, 2.75) is 161 Å². The van der Waals surface area contributed by atoms with Crippen molar-refractivity contribution >= 4 is 24.2 Å². The molecule has 1 aliphatic heterocycles. The molecule has 0 spiro atoms. The van der Waals surface area contributed by atoms with Crippen molar-refractivity contribution in [3.8, 4) is 0 Å². The fourth-order valence-electron chi connectivity index (χ4n) is 5.95. The van der Waals surface area contributed by atoms with Crippen molar-refractivity contribution in [3.05, 3.63) is 23.3 Å². The van der Waals surface area contributed by atoms with Gasteiger partial charge in [0.2, 0.25) is 11.8 Å². The average molecular weight is 743 g/mol. The normalized spacial score (nSPS) is 24.7. The molecule has 0 unspecified atom stereocenters. The van der Waals surface area contributed by atoms with Crippen molar-refractivity contribution in [1.82, 2.24) is 16.0 Å². The standard InChI is InChI=1S/C19H32N2O5.C16H28N2O4.C2H6O2/c1-7-14(8-2)25-16-10-13(11-22)9-15(17(16)20-12(3)23)21-18(24)26-19(4,5)6;1-4-12(5-2)22-14-9-11(16-20-6-7-21-16)8-13(17)15(14)18-10(3)19;3-1-2-4/h10-11,14-17H,7-9H2,1-6H3,(H,20,23)(H,21,24);9,12-16H,4-8,17H2,1-3H3,(H,18,19);3-4H,1-2H2/t15-,16+,17+;13-,14+,15+;/m00./s1. The molecule has 0 bridgehead atoms. The zero-order chi connectivity index (χ0) is 39.4. The van der Waals surface area contributed by atoms with Crippen LogP contribution in [0.15, 0.2) is 23.3 Å². The summed E-state index contributed by atoms with van der Waals surface area (Å²) in [5.41, 5.74) is 7.19. The Morgan fingerprint density at radius 1 is 0.846 bits per heavy atom. The molecule has 1 fully saturated rings. The zero-order valence-electron chi connectivity index (χ0n) is 32.6. The molecule has 52 heavy (non-hydrogen) atoms. The minimum absolute atomic E-state index is 0.000636. The van der Waals surface area contributed by atoms with Gasteiger partial charge in [0.05, 0.1) is 69.0 Å². The number of carbonyl (C=O) groups excluding carboxylic acids is 4. The fourth-order valence-corrected chi connectivity index (χ4v) is 5.95. The number of amides is 3. The summed E-state index contributed by atoms with van der Waals surface area (Å²) in [6, 6.07) is -1.41. The van der Waals surface area contributed by atoms with Gasteiger partial charge in [0.15, 0.2) is 6.29 Å². The van der Waals surface area contributed by atoms with Crippen LogP contribution in [0.1, 0.15) is 101 Å². The maximum absolute atomic E-state index is 12.2. The van der Waals surface area contributed by atoms with Crippen molar-refractivity contribution in [2.75, 3.05) is 26.4 Å². The second kappa shape index (κ2) is 24.4. The average Bonchev–Trinajstić information content (AvgIpc) is 3.63. The summed E-state index contributed by atoms with van der Waals surface area (Å²) in [5.74, 6) is -0.323. The third-order valence-corrected chi connectivity index (χ3v) is 8.42. The minimum Gasteiger partial charge on any atom is -0.444 e. The van der Waals surface area contributed by atoms with Crippen LogP contribution in [0.5, 0.6) is 0 Å². The Morgan fingerprint density at radius 2 is 1.33 bits per heavy atom. The molecule has 3 amide bonds. The summed E-state index contributed by atoms with van der Waals surface area (Å²) in [6.45, 7) is 17.4. The van der Waals surface area contributed by atoms with Crippen LogP contribution in [0.3, 0.4) is 0 Å². The van der Waals surface area contributed by atoms with E-state index < -0.39 is 29.9 Å². The quantitative estimate of drug-likeness (QED) is 0.112. The topological polar surface area (TPSA) is 217 Å². The van der Waals surface area contributed by atoms with E-state index in [1.54, 1.807) is 26.8 Å². The predicted molar refractivity (Wildman–Crippen MR) is 196 cm³/mol. The number of ether oxygens (including phenoxy) is 5. The van der Waals surface area contributed by atoms with Gasteiger partial charge in [-0.3, -0.25) is 14.4 Å². The molecule has 7 N–H and O–H groups in total. The lowest BCUT2D eigenvalue weighted by atomic mass is 9.88. The first kappa shape index (κ1) is 47.1. The number of alkyl carbamates (subject to hydrolysis) is 1. The SMILES string of the molecule is CCC(CC)O[C@@H]1C=C(C2OCCO2)C[C@H](N)[C@H]1NC(C)=O.CCC(CC)O[C@@H]1C=C(C=O)C[C@H](NC(=O)OC(C)(C)C)[C@H]1NC(C)=O.OCCO. The lowest BCUT2D eigenvalue weighted by Gasteiger charge is -2.38. The molecule has 0 aromatic heterocycles. The monoisotopic (exact) mass is 742 g/mol. The van der Waals surface area contributed by atoms with Gasteiger partial charge in [-0.05, 0) is 82.6 Å². The van der Waals surface area contributed by atoms with Gasteiger partial charge in [-0.2, -0.15) is 0 Å².